The standard InChI is InChI=1S/C32H27N/c1-25-31(24-33)18-8-4-2-3-7-17-30(27-15-11-6-12-16-27)23-32(25)29-21-19-28(20-22-29)26-13-9-5-10-14-26/h2-24H,1,33H2/b4-2-,7-3+,18-8-,30-17+,31-24-,32-23?. The molecule has 3 aromatic carbocycles. The monoisotopic (exact) mass is 425 g/mol. The molecule has 1 nitrogen and oxygen atoms in total. The summed E-state index contributed by atoms with van der Waals surface area (Å²) in [6.07, 6.45) is 18.0. The van der Waals surface area contributed by atoms with E-state index in [9.17, 15) is 0 Å². The molecule has 0 spiro atoms. The van der Waals surface area contributed by atoms with Gasteiger partial charge in [0, 0.05) is 6.20 Å². The second-order valence-electron chi connectivity index (χ2n) is 7.72. The lowest BCUT2D eigenvalue weighted by molar-refractivity contribution is 1.46. The zero-order valence-electron chi connectivity index (χ0n) is 18.6. The first kappa shape index (κ1) is 21.9. The minimum Gasteiger partial charge on any atom is -0.404 e. The molecule has 1 aliphatic carbocycles. The molecule has 0 heterocycles. The molecule has 0 amide bonds. The first-order valence-electron chi connectivity index (χ1n) is 11.0. The highest BCUT2D eigenvalue weighted by molar-refractivity contribution is 5.93. The van der Waals surface area contributed by atoms with Crippen LogP contribution in [0.25, 0.3) is 22.3 Å². The van der Waals surface area contributed by atoms with Crippen LogP contribution in [0.4, 0.5) is 0 Å². The Bertz CT molecular complexity index is 1280. The summed E-state index contributed by atoms with van der Waals surface area (Å²) in [6.45, 7) is 4.42. The van der Waals surface area contributed by atoms with Gasteiger partial charge in [-0.05, 0) is 50.6 Å². The van der Waals surface area contributed by atoms with Crippen LogP contribution in [0.15, 0.2) is 157 Å². The van der Waals surface area contributed by atoms with Crippen LogP contribution in [0, 0.1) is 0 Å². The molecule has 0 saturated heterocycles. The van der Waals surface area contributed by atoms with Crippen molar-refractivity contribution in [1.82, 2.24) is 0 Å². The Kier molecular flexibility index (Phi) is 7.15. The molecule has 0 aliphatic heterocycles. The van der Waals surface area contributed by atoms with Crippen molar-refractivity contribution in [3.05, 3.63) is 169 Å². The summed E-state index contributed by atoms with van der Waals surface area (Å²) in [5, 5.41) is 0. The molecule has 3 aromatic rings. The molecule has 1 heteroatoms. The quantitative estimate of drug-likeness (QED) is 0.453. The molecule has 2 N–H and O–H groups in total. The van der Waals surface area contributed by atoms with Gasteiger partial charge in [-0.15, -0.1) is 0 Å². The molecule has 0 atom stereocenters. The maximum Gasteiger partial charge on any atom is 0.00175 e. The predicted molar refractivity (Wildman–Crippen MR) is 143 cm³/mol. The van der Waals surface area contributed by atoms with E-state index in [2.05, 4.69) is 97.6 Å². The van der Waals surface area contributed by atoms with E-state index in [0.29, 0.717) is 0 Å². The fraction of sp³-hybridized carbons (Fsp3) is 0. The van der Waals surface area contributed by atoms with Gasteiger partial charge in [0.2, 0.25) is 0 Å². The largest absolute Gasteiger partial charge is 0.404 e. The Labute approximate surface area is 196 Å². The van der Waals surface area contributed by atoms with Gasteiger partial charge in [0.1, 0.15) is 0 Å². The fourth-order valence-corrected chi connectivity index (χ4v) is 3.75. The van der Waals surface area contributed by atoms with Crippen molar-refractivity contribution in [3.8, 4) is 11.1 Å². The lowest BCUT2D eigenvalue weighted by atomic mass is 9.89. The summed E-state index contributed by atoms with van der Waals surface area (Å²) in [6, 6.07) is 29.4. The van der Waals surface area contributed by atoms with Gasteiger partial charge in [0.05, 0.1) is 0 Å². The summed E-state index contributed by atoms with van der Waals surface area (Å²) in [4.78, 5) is 0. The Morgan fingerprint density at radius 3 is 1.79 bits per heavy atom. The first-order valence-corrected chi connectivity index (χ1v) is 11.0. The van der Waals surface area contributed by atoms with Gasteiger partial charge in [-0.2, -0.15) is 0 Å². The number of allylic oxidation sites excluding steroid dienone is 12. The van der Waals surface area contributed by atoms with E-state index >= 15 is 0 Å². The topological polar surface area (TPSA) is 26.0 Å². The predicted octanol–water partition coefficient (Wildman–Crippen LogP) is 7.90. The van der Waals surface area contributed by atoms with Gasteiger partial charge in [0.25, 0.3) is 0 Å². The highest BCUT2D eigenvalue weighted by Crippen LogP contribution is 2.33. The van der Waals surface area contributed by atoms with Crippen molar-refractivity contribution in [2.45, 2.75) is 0 Å². The SMILES string of the molecule is C=C1C(c2ccc(-c3ccccc3)cc2)=C\C(c2ccccc2)=C/C=C/C=C\C=C/C1=C/N. The lowest BCUT2D eigenvalue weighted by Crippen LogP contribution is -1.96. The van der Waals surface area contributed by atoms with Crippen LogP contribution in [0.1, 0.15) is 11.1 Å². The molecule has 160 valence electrons. The number of hydrogen-bond acceptors (Lipinski definition) is 1. The van der Waals surface area contributed by atoms with Crippen LogP contribution >= 0.6 is 0 Å². The molecule has 1 aliphatic rings. The maximum absolute atomic E-state index is 6.01. The average molecular weight is 426 g/mol. The average Bonchev–Trinajstić information content (AvgIpc) is 2.87. The molecule has 0 unspecified atom stereocenters. The third-order valence-electron chi connectivity index (χ3n) is 5.56. The number of hydrogen-bond donors (Lipinski definition) is 1. The first-order chi connectivity index (χ1) is 16.3. The third kappa shape index (κ3) is 5.47. The Morgan fingerprint density at radius 1 is 0.576 bits per heavy atom. The maximum atomic E-state index is 6.01. The van der Waals surface area contributed by atoms with Crippen LogP contribution in [-0.4, -0.2) is 0 Å². The Balaban J connectivity index is 1.85. The molecule has 0 bridgehead atoms. The number of benzene rings is 3. The fourth-order valence-electron chi connectivity index (χ4n) is 3.75. The lowest BCUT2D eigenvalue weighted by Gasteiger charge is -2.15. The molecular weight excluding hydrogens is 398 g/mol. The van der Waals surface area contributed by atoms with Gasteiger partial charge in [-0.3, -0.25) is 0 Å². The normalized spacial score (nSPS) is 20.0. The van der Waals surface area contributed by atoms with Crippen molar-refractivity contribution in [1.29, 1.82) is 0 Å². The van der Waals surface area contributed by atoms with E-state index in [1.165, 1.54) is 11.1 Å². The van der Waals surface area contributed by atoms with Crippen LogP contribution in [-0.2, 0) is 0 Å². The third-order valence-corrected chi connectivity index (χ3v) is 5.56. The van der Waals surface area contributed by atoms with Gasteiger partial charge in [-0.25, -0.2) is 0 Å². The second-order valence-corrected chi connectivity index (χ2v) is 7.72. The molecule has 33 heavy (non-hydrogen) atoms. The molecule has 0 radical (unpaired) electrons. The van der Waals surface area contributed by atoms with Crippen LogP contribution in [0.2, 0.25) is 0 Å². The molecule has 0 fully saturated rings. The van der Waals surface area contributed by atoms with Crippen molar-refractivity contribution >= 4 is 11.1 Å². The molecular formula is C32H27N. The van der Waals surface area contributed by atoms with Crippen molar-refractivity contribution in [2.24, 2.45) is 5.73 Å². The molecule has 4 rings (SSSR count). The van der Waals surface area contributed by atoms with Gasteiger partial charge in [-0.1, -0.05) is 134 Å². The van der Waals surface area contributed by atoms with Gasteiger partial charge in [0.15, 0.2) is 0 Å². The highest BCUT2D eigenvalue weighted by Gasteiger charge is 2.12. The molecule has 0 aromatic heterocycles. The zero-order valence-corrected chi connectivity index (χ0v) is 18.6. The number of rotatable bonds is 3. The number of nitrogens with two attached hydrogens (primary N) is 1. The van der Waals surface area contributed by atoms with Crippen molar-refractivity contribution in [3.63, 3.8) is 0 Å². The minimum absolute atomic E-state index is 0.876. The smallest absolute Gasteiger partial charge is 0.00175 e. The van der Waals surface area contributed by atoms with Gasteiger partial charge >= 0.3 is 0 Å². The summed E-state index contributed by atoms with van der Waals surface area (Å²) in [5.74, 6) is 0. The van der Waals surface area contributed by atoms with E-state index in [4.69, 9.17) is 5.73 Å². The van der Waals surface area contributed by atoms with Crippen LogP contribution in [0.3, 0.4) is 0 Å². The van der Waals surface area contributed by atoms with E-state index in [1.807, 2.05) is 42.5 Å². The van der Waals surface area contributed by atoms with Gasteiger partial charge < -0.3 is 5.73 Å². The van der Waals surface area contributed by atoms with Crippen LogP contribution < -0.4 is 5.73 Å². The summed E-state index contributed by atoms with van der Waals surface area (Å²) >= 11 is 0. The van der Waals surface area contributed by atoms with E-state index in [1.54, 1.807) is 6.20 Å². The van der Waals surface area contributed by atoms with Crippen LogP contribution in [0.5, 0.6) is 0 Å². The van der Waals surface area contributed by atoms with E-state index < -0.39 is 0 Å². The minimum atomic E-state index is 0.876. The van der Waals surface area contributed by atoms with Crippen molar-refractivity contribution in [2.75, 3.05) is 0 Å². The van der Waals surface area contributed by atoms with Crippen molar-refractivity contribution < 1.29 is 0 Å². The highest BCUT2D eigenvalue weighted by atomic mass is 14.5. The molecule has 0 saturated carbocycles. The van der Waals surface area contributed by atoms with E-state index in [0.717, 1.165) is 33.4 Å². The Morgan fingerprint density at radius 2 is 1.12 bits per heavy atom. The zero-order chi connectivity index (χ0) is 22.9. The summed E-state index contributed by atoms with van der Waals surface area (Å²) < 4.78 is 0. The summed E-state index contributed by atoms with van der Waals surface area (Å²) in [5.41, 5.74) is 14.5. The second kappa shape index (κ2) is 10.8. The Hall–Kier alpha value is -4.36. The summed E-state index contributed by atoms with van der Waals surface area (Å²) in [7, 11) is 0. The van der Waals surface area contributed by atoms with E-state index in [-0.39, 0.29) is 0 Å².